The van der Waals surface area contributed by atoms with E-state index < -0.39 is 15.9 Å². The van der Waals surface area contributed by atoms with Gasteiger partial charge < -0.3 is 4.57 Å². The molecule has 1 N–H and O–H groups in total. The number of aromatic nitrogens is 2. The zero-order valence-electron chi connectivity index (χ0n) is 19.0. The Hall–Kier alpha value is -3.23. The zero-order chi connectivity index (χ0) is 24.4. The number of nitrogens with one attached hydrogen (secondary N) is 1. The van der Waals surface area contributed by atoms with Crippen molar-refractivity contribution in [2.45, 2.75) is 18.4 Å². The molecule has 0 spiro atoms. The van der Waals surface area contributed by atoms with Crippen molar-refractivity contribution in [2.75, 3.05) is 0 Å². The predicted molar refractivity (Wildman–Crippen MR) is 144 cm³/mol. The van der Waals surface area contributed by atoms with Crippen LogP contribution >= 0.6 is 0 Å². The molecular formula is C28H24N3NaO3S. The van der Waals surface area contributed by atoms with Crippen LogP contribution in [-0.2, 0) is 16.6 Å². The maximum absolute atomic E-state index is 12.8. The number of sulfonamides is 1. The molecule has 1 aromatic heterocycles. The van der Waals surface area contributed by atoms with Crippen LogP contribution in [-0.4, -0.2) is 53.4 Å². The summed E-state index contributed by atoms with van der Waals surface area (Å²) in [6.45, 7) is 2.49. The van der Waals surface area contributed by atoms with E-state index in [-0.39, 0.29) is 40.0 Å². The minimum absolute atomic E-state index is 0. The van der Waals surface area contributed by atoms with Gasteiger partial charge in [0.15, 0.2) is 0 Å². The van der Waals surface area contributed by atoms with Gasteiger partial charge >= 0.3 is 29.6 Å². The van der Waals surface area contributed by atoms with E-state index in [2.05, 4.69) is 46.1 Å². The molecule has 5 aromatic rings. The summed E-state index contributed by atoms with van der Waals surface area (Å²) in [6, 6.07) is 31.4. The van der Waals surface area contributed by atoms with Crippen LogP contribution < -0.4 is 4.72 Å². The van der Waals surface area contributed by atoms with Crippen molar-refractivity contribution in [3.05, 3.63) is 120 Å². The van der Waals surface area contributed by atoms with Crippen molar-refractivity contribution < 1.29 is 13.2 Å². The fourth-order valence-corrected chi connectivity index (χ4v) is 5.03. The van der Waals surface area contributed by atoms with E-state index in [9.17, 15) is 13.2 Å². The SMILES string of the molecule is Cc1nc2ccc(C(=O)NS(=O)(=O)c3ccccc3)cc2n1Cc1ccc(-c2ccccc2)cc1.[NaH]. The average Bonchev–Trinajstić information content (AvgIpc) is 3.19. The Kier molecular flexibility index (Phi) is 7.76. The molecule has 0 atom stereocenters. The summed E-state index contributed by atoms with van der Waals surface area (Å²) in [7, 11) is -3.96. The molecule has 4 aromatic carbocycles. The first-order valence-corrected chi connectivity index (χ1v) is 12.6. The molecule has 5 rings (SSSR count). The molecule has 0 aliphatic rings. The topological polar surface area (TPSA) is 81.1 Å². The van der Waals surface area contributed by atoms with Gasteiger partial charge in [-0.15, -0.1) is 0 Å². The van der Waals surface area contributed by atoms with E-state index in [0.29, 0.717) is 6.54 Å². The summed E-state index contributed by atoms with van der Waals surface area (Å²) in [4.78, 5) is 17.5. The van der Waals surface area contributed by atoms with E-state index in [1.54, 1.807) is 36.4 Å². The fraction of sp³-hybridized carbons (Fsp3) is 0.0714. The fourth-order valence-electron chi connectivity index (χ4n) is 4.04. The molecule has 36 heavy (non-hydrogen) atoms. The van der Waals surface area contributed by atoms with Crippen LogP contribution in [0.1, 0.15) is 21.7 Å². The first-order valence-electron chi connectivity index (χ1n) is 11.1. The zero-order valence-corrected chi connectivity index (χ0v) is 19.9. The van der Waals surface area contributed by atoms with Gasteiger partial charge in [0.05, 0.1) is 15.9 Å². The summed E-state index contributed by atoms with van der Waals surface area (Å²) < 4.78 is 29.3. The van der Waals surface area contributed by atoms with Gasteiger partial charge in [0, 0.05) is 12.1 Å². The molecule has 176 valence electrons. The number of hydrogen-bond acceptors (Lipinski definition) is 4. The van der Waals surface area contributed by atoms with Gasteiger partial charge in [0.2, 0.25) is 0 Å². The molecule has 8 heteroatoms. The van der Waals surface area contributed by atoms with Crippen LogP contribution in [0.4, 0.5) is 0 Å². The van der Waals surface area contributed by atoms with Crippen molar-refractivity contribution in [3.63, 3.8) is 0 Å². The minimum atomic E-state index is -3.96. The summed E-state index contributed by atoms with van der Waals surface area (Å²) in [5.74, 6) is 0.120. The number of aryl methyl sites for hydroxylation is 1. The monoisotopic (exact) mass is 505 g/mol. The molecule has 0 saturated carbocycles. The van der Waals surface area contributed by atoms with Crippen molar-refractivity contribution >= 4 is 56.5 Å². The normalized spacial score (nSPS) is 11.1. The van der Waals surface area contributed by atoms with E-state index >= 15 is 0 Å². The molecule has 0 fully saturated rings. The van der Waals surface area contributed by atoms with Crippen LogP contribution in [0.2, 0.25) is 0 Å². The molecule has 1 heterocycles. The first-order chi connectivity index (χ1) is 16.9. The quantitative estimate of drug-likeness (QED) is 0.344. The van der Waals surface area contributed by atoms with Crippen molar-refractivity contribution in [1.29, 1.82) is 0 Å². The Balaban J connectivity index is 0.00000304. The second-order valence-electron chi connectivity index (χ2n) is 8.26. The summed E-state index contributed by atoms with van der Waals surface area (Å²) in [5.41, 5.74) is 5.14. The summed E-state index contributed by atoms with van der Waals surface area (Å²) in [6.07, 6.45) is 0. The van der Waals surface area contributed by atoms with Crippen LogP contribution in [0.3, 0.4) is 0 Å². The van der Waals surface area contributed by atoms with Crippen molar-refractivity contribution in [1.82, 2.24) is 14.3 Å². The Labute approximate surface area is 232 Å². The Bertz CT molecular complexity index is 1620. The number of rotatable bonds is 6. The maximum atomic E-state index is 12.8. The predicted octanol–water partition coefficient (Wildman–Crippen LogP) is 4.53. The third-order valence-electron chi connectivity index (χ3n) is 5.88. The number of carbonyl (C=O) groups is 1. The molecule has 0 unspecified atom stereocenters. The Morgan fingerprint density at radius 1 is 0.833 bits per heavy atom. The third kappa shape index (κ3) is 5.44. The summed E-state index contributed by atoms with van der Waals surface area (Å²) in [5, 5.41) is 0. The van der Waals surface area contributed by atoms with Gasteiger partial charge in [-0.2, -0.15) is 0 Å². The van der Waals surface area contributed by atoms with Crippen LogP contribution in [0.25, 0.3) is 22.2 Å². The number of fused-ring (bicyclic) bond motifs is 1. The molecule has 1 amide bonds. The second kappa shape index (κ2) is 10.8. The van der Waals surface area contributed by atoms with Gasteiger partial charge in [-0.25, -0.2) is 18.1 Å². The molecular weight excluding hydrogens is 481 g/mol. The first kappa shape index (κ1) is 25.9. The average molecular weight is 506 g/mol. The second-order valence-corrected chi connectivity index (χ2v) is 9.94. The number of nitrogens with zero attached hydrogens (tertiary/aromatic N) is 2. The molecule has 0 bridgehead atoms. The number of amides is 1. The van der Waals surface area contributed by atoms with Crippen LogP contribution in [0.15, 0.2) is 108 Å². The van der Waals surface area contributed by atoms with Gasteiger partial charge in [-0.05, 0) is 53.9 Å². The summed E-state index contributed by atoms with van der Waals surface area (Å²) >= 11 is 0. The molecule has 6 nitrogen and oxygen atoms in total. The van der Waals surface area contributed by atoms with E-state index in [4.69, 9.17) is 0 Å². The number of hydrogen-bond donors (Lipinski definition) is 1. The number of imidazole rings is 1. The van der Waals surface area contributed by atoms with E-state index in [1.807, 2.05) is 29.7 Å². The van der Waals surface area contributed by atoms with Crippen LogP contribution in [0.5, 0.6) is 0 Å². The molecule has 0 saturated heterocycles. The van der Waals surface area contributed by atoms with Crippen molar-refractivity contribution in [3.8, 4) is 11.1 Å². The van der Waals surface area contributed by atoms with Gasteiger partial charge in [-0.3, -0.25) is 4.79 Å². The van der Waals surface area contributed by atoms with Gasteiger partial charge in [-0.1, -0.05) is 72.8 Å². The van der Waals surface area contributed by atoms with Gasteiger partial charge in [0.1, 0.15) is 5.82 Å². The van der Waals surface area contributed by atoms with E-state index in [1.165, 1.54) is 12.1 Å². The third-order valence-corrected chi connectivity index (χ3v) is 7.23. The van der Waals surface area contributed by atoms with Crippen LogP contribution in [0, 0.1) is 6.92 Å². The molecule has 0 aliphatic heterocycles. The van der Waals surface area contributed by atoms with Crippen molar-refractivity contribution in [2.24, 2.45) is 0 Å². The Morgan fingerprint density at radius 3 is 2.11 bits per heavy atom. The molecule has 0 aliphatic carbocycles. The standard InChI is InChI=1S/C28H23N3O3S.Na.H/c1-20-29-26-17-16-24(28(32)30-35(33,34)25-10-6-3-7-11-25)18-27(26)31(20)19-21-12-14-23(15-13-21)22-8-4-2-5-9-22;;/h2-18H,19H2,1H3,(H,30,32);;. The molecule has 0 radical (unpaired) electrons. The van der Waals surface area contributed by atoms with E-state index in [0.717, 1.165) is 33.5 Å². The Morgan fingerprint density at radius 2 is 1.44 bits per heavy atom. The van der Waals surface area contributed by atoms with Gasteiger partial charge in [0.25, 0.3) is 15.9 Å². The number of carbonyl (C=O) groups excluding carboxylic acids is 1. The number of benzene rings is 4.